The van der Waals surface area contributed by atoms with Crippen LogP contribution in [0.1, 0.15) is 70.6 Å². The third kappa shape index (κ3) is 8.46. The van der Waals surface area contributed by atoms with Gasteiger partial charge in [0.2, 0.25) is 21.8 Å². The molecular weight excluding hydrogens is 753 g/mol. The number of urea groups is 1. The van der Waals surface area contributed by atoms with Crippen LogP contribution in [0.25, 0.3) is 0 Å². The minimum Gasteiger partial charge on any atom is -0.497 e. The van der Waals surface area contributed by atoms with Gasteiger partial charge in [-0.2, -0.15) is 0 Å². The maximum Gasteiger partial charge on any atom is 0.318 e. The fraction of sp³-hybridized carbons (Fsp3) is 0.659. The number of rotatable bonds is 8. The first-order valence-corrected chi connectivity index (χ1v) is 22.2. The lowest BCUT2D eigenvalue weighted by Crippen LogP contribution is -2.60. The molecule has 4 bridgehead atoms. The molecule has 8 aliphatic rings. The van der Waals surface area contributed by atoms with Crippen molar-refractivity contribution in [3.05, 3.63) is 60.4 Å². The Balaban J connectivity index is 1.10. The quantitative estimate of drug-likeness (QED) is 0.266. The molecule has 4 heterocycles. The van der Waals surface area contributed by atoms with Crippen LogP contribution in [0.5, 0.6) is 0 Å². The second-order valence-corrected chi connectivity index (χ2v) is 18.8. The summed E-state index contributed by atoms with van der Waals surface area (Å²) >= 11 is 0. The normalized spacial score (nSPS) is 36.6. The molecule has 0 aromatic heterocycles. The summed E-state index contributed by atoms with van der Waals surface area (Å²) in [5.74, 6) is -1.61. The largest absolute Gasteiger partial charge is 0.497 e. The van der Waals surface area contributed by atoms with E-state index in [9.17, 15) is 27.6 Å². The summed E-state index contributed by atoms with van der Waals surface area (Å²) in [6.07, 6.45) is 19.5. The molecular formula is C41H56N6O9S. The fourth-order valence-corrected chi connectivity index (χ4v) is 10.7. The van der Waals surface area contributed by atoms with E-state index in [4.69, 9.17) is 14.2 Å². The maximum atomic E-state index is 14.9. The summed E-state index contributed by atoms with van der Waals surface area (Å²) in [4.78, 5) is 60.1. The molecule has 5 fully saturated rings. The Kier molecular flexibility index (Phi) is 11.4. The minimum absolute atomic E-state index is 0.0528. The standard InChI is InChI=1S/C41H56N6O9S/c1-3-28-22-41(28,39(50)45-57(52,53)32-14-15-32)44-36(48)34-21-31-24-47(34)38(49)35(25-9-6-7-10-25)43-40(51)46-17-16-30(23-46)55-18-8-4-5-11-27-19-26-12-13-29(54-2)20-33(26)42-37(27)56-31/h3,5,11-13,19-20,25-26,28,30-35,37,42H,1,4,6-10,14-18,21-24H2,2H3,(H,43,51)(H,44,48)(H,45,50)/b11-5+/t26?,28?,30-,31+,33?,34-,35-,37?,41+/m0/s1. The van der Waals surface area contributed by atoms with Gasteiger partial charge in [-0.05, 0) is 75.0 Å². The number of nitrogens with zero attached hydrogens (tertiary/aromatic N) is 2. The average molecular weight is 809 g/mol. The Morgan fingerprint density at radius 1 is 1.05 bits per heavy atom. The van der Waals surface area contributed by atoms with Gasteiger partial charge in [-0.25, -0.2) is 13.2 Å². The van der Waals surface area contributed by atoms with E-state index in [0.717, 1.165) is 49.9 Å². The zero-order valence-corrected chi connectivity index (χ0v) is 33.4. The topological polar surface area (TPSA) is 185 Å². The summed E-state index contributed by atoms with van der Waals surface area (Å²) in [6.45, 7) is 5.40. The van der Waals surface area contributed by atoms with Crippen molar-refractivity contribution in [1.29, 1.82) is 0 Å². The van der Waals surface area contributed by atoms with Gasteiger partial charge in [0, 0.05) is 50.5 Å². The number of hydrogen-bond donors (Lipinski definition) is 4. The molecule has 0 aromatic rings. The number of carbonyl (C=O) groups is 4. The van der Waals surface area contributed by atoms with E-state index in [1.807, 2.05) is 12.2 Å². The van der Waals surface area contributed by atoms with E-state index in [1.165, 1.54) is 4.90 Å². The molecule has 4 aliphatic carbocycles. The zero-order chi connectivity index (χ0) is 39.9. The van der Waals surface area contributed by atoms with Crippen LogP contribution in [0.2, 0.25) is 0 Å². The van der Waals surface area contributed by atoms with Gasteiger partial charge < -0.3 is 34.6 Å². The first-order valence-electron chi connectivity index (χ1n) is 20.7. The van der Waals surface area contributed by atoms with Crippen molar-refractivity contribution in [2.75, 3.05) is 33.4 Å². The third-order valence-electron chi connectivity index (χ3n) is 13.0. The van der Waals surface area contributed by atoms with Crippen molar-refractivity contribution in [1.82, 2.24) is 30.5 Å². The van der Waals surface area contributed by atoms with Crippen LogP contribution in [0.4, 0.5) is 4.79 Å². The number of hydrogen-bond acceptors (Lipinski definition) is 10. The van der Waals surface area contributed by atoms with Gasteiger partial charge in [-0.1, -0.05) is 43.2 Å². The molecule has 0 radical (unpaired) electrons. The van der Waals surface area contributed by atoms with E-state index in [1.54, 1.807) is 18.1 Å². The predicted molar refractivity (Wildman–Crippen MR) is 209 cm³/mol. The van der Waals surface area contributed by atoms with Gasteiger partial charge in [0.05, 0.1) is 24.6 Å². The Morgan fingerprint density at radius 3 is 2.60 bits per heavy atom. The Labute approximate surface area is 334 Å². The van der Waals surface area contributed by atoms with Crippen molar-refractivity contribution >= 4 is 33.8 Å². The van der Waals surface area contributed by atoms with Gasteiger partial charge in [0.25, 0.3) is 5.91 Å². The number of carbonyl (C=O) groups excluding carboxylic acids is 4. The lowest BCUT2D eigenvalue weighted by atomic mass is 9.88. The van der Waals surface area contributed by atoms with Crippen LogP contribution in [0, 0.1) is 17.8 Å². The van der Waals surface area contributed by atoms with Gasteiger partial charge >= 0.3 is 6.03 Å². The van der Waals surface area contributed by atoms with Gasteiger partial charge in [-0.15, -0.1) is 6.58 Å². The molecule has 8 rings (SSSR count). The predicted octanol–water partition coefficient (Wildman–Crippen LogP) is 2.29. The van der Waals surface area contributed by atoms with Crippen molar-refractivity contribution in [2.24, 2.45) is 17.8 Å². The molecule has 4 unspecified atom stereocenters. The summed E-state index contributed by atoms with van der Waals surface area (Å²) in [6, 6.07) is -2.40. The first kappa shape index (κ1) is 39.8. The Bertz CT molecular complexity index is 1850. The molecule has 0 aromatic carbocycles. The minimum atomic E-state index is -3.89. The van der Waals surface area contributed by atoms with Crippen LogP contribution >= 0.6 is 0 Å². The third-order valence-corrected chi connectivity index (χ3v) is 14.8. The number of methoxy groups -OCH3 is 1. The van der Waals surface area contributed by atoms with Crippen LogP contribution in [0.3, 0.4) is 0 Å². The van der Waals surface area contributed by atoms with E-state index in [0.29, 0.717) is 39.0 Å². The smallest absolute Gasteiger partial charge is 0.318 e. The molecule has 15 nitrogen and oxygen atoms in total. The number of sulfonamides is 1. The summed E-state index contributed by atoms with van der Waals surface area (Å²) in [5.41, 5.74) is -0.602. The second kappa shape index (κ2) is 16.3. The Morgan fingerprint density at radius 2 is 1.86 bits per heavy atom. The van der Waals surface area contributed by atoms with Crippen molar-refractivity contribution in [3.63, 3.8) is 0 Å². The summed E-state index contributed by atoms with van der Waals surface area (Å²) in [7, 11) is -2.26. The molecule has 16 heteroatoms. The van der Waals surface area contributed by atoms with Gasteiger partial charge in [0.1, 0.15) is 29.6 Å². The SMILES string of the molecule is C=CC1C[C@]1(NC(=O)[C@@H]1C[C@@H]2CN1C(=O)[C@H](C1CCCC1)NC(=O)N1CC[C@@H](C1)OCCC/C=C/C1=CC3C=CC(OC)=CC3NC1O2)C(=O)NS(=O)(=O)C1CC1. The monoisotopic (exact) mass is 808 g/mol. The van der Waals surface area contributed by atoms with Crippen LogP contribution in [0.15, 0.2) is 60.4 Å². The molecule has 4 aliphatic heterocycles. The van der Waals surface area contributed by atoms with Crippen molar-refractivity contribution in [3.8, 4) is 0 Å². The van der Waals surface area contributed by atoms with E-state index in [-0.39, 0.29) is 55.3 Å². The van der Waals surface area contributed by atoms with Crippen LogP contribution in [-0.2, 0) is 38.6 Å². The van der Waals surface area contributed by atoms with Crippen LogP contribution < -0.4 is 20.7 Å². The highest BCUT2D eigenvalue weighted by Crippen LogP contribution is 2.46. The number of amides is 5. The van der Waals surface area contributed by atoms with Crippen molar-refractivity contribution in [2.45, 2.75) is 118 Å². The zero-order valence-electron chi connectivity index (χ0n) is 32.6. The number of ether oxygens (including phenoxy) is 3. The highest BCUT2D eigenvalue weighted by atomic mass is 32.2. The molecule has 5 amide bonds. The highest BCUT2D eigenvalue weighted by Gasteiger charge is 2.62. The summed E-state index contributed by atoms with van der Waals surface area (Å²) < 4.78 is 46.3. The van der Waals surface area contributed by atoms with Crippen molar-refractivity contribution < 1.29 is 41.8 Å². The lowest BCUT2D eigenvalue weighted by molar-refractivity contribution is -0.142. The molecule has 9 atom stereocenters. The Hall–Kier alpha value is -3.99. The van der Waals surface area contributed by atoms with E-state index < -0.39 is 63.0 Å². The first-order chi connectivity index (χ1) is 27.5. The maximum absolute atomic E-state index is 14.9. The van der Waals surface area contributed by atoms with Crippen LogP contribution in [-0.4, -0.2) is 123 Å². The molecule has 0 spiro atoms. The lowest BCUT2D eigenvalue weighted by Gasteiger charge is -2.36. The molecule has 310 valence electrons. The number of nitrogens with one attached hydrogen (secondary N) is 4. The number of fused-ring (bicyclic) bond motifs is 6. The van der Waals surface area contributed by atoms with Gasteiger partial charge in [0.15, 0.2) is 0 Å². The molecule has 3 saturated carbocycles. The van der Waals surface area contributed by atoms with E-state index >= 15 is 0 Å². The molecule has 4 N–H and O–H groups in total. The average Bonchev–Trinajstić information content (AvgIpc) is 3.97. The molecule has 2 saturated heterocycles. The van der Waals surface area contributed by atoms with E-state index in [2.05, 4.69) is 51.6 Å². The fourth-order valence-electron chi connectivity index (χ4n) is 9.36. The number of allylic oxidation sites excluding steroid dienone is 2. The second-order valence-electron chi connectivity index (χ2n) is 16.9. The summed E-state index contributed by atoms with van der Waals surface area (Å²) in [5, 5.41) is 8.96. The highest BCUT2D eigenvalue weighted by molar-refractivity contribution is 7.91. The van der Waals surface area contributed by atoms with Gasteiger partial charge in [-0.3, -0.25) is 24.4 Å². The molecule has 57 heavy (non-hydrogen) atoms.